The second-order valence-corrected chi connectivity index (χ2v) is 7.18. The summed E-state index contributed by atoms with van der Waals surface area (Å²) in [5, 5.41) is 15.7. The fraction of sp³-hybridized carbons (Fsp3) is 0.429. The fourth-order valence-electron chi connectivity index (χ4n) is 1.44. The van der Waals surface area contributed by atoms with Gasteiger partial charge in [0.25, 0.3) is 5.91 Å². The molecule has 0 spiro atoms. The molecule has 20 heavy (non-hydrogen) atoms. The SMILES string of the molecule is CC(C)C(C)(O)CNC(=O)c1cnc(-c2cccs2)s1. The van der Waals surface area contributed by atoms with Crippen LogP contribution in [0, 0.1) is 5.92 Å². The standard InChI is InChI=1S/C14H18N2O2S2/c1-9(2)14(3,18)8-16-12(17)11-7-15-13(20-11)10-5-4-6-19-10/h4-7,9,18H,8H2,1-3H3,(H,16,17). The minimum Gasteiger partial charge on any atom is -0.388 e. The number of hydrogen-bond acceptors (Lipinski definition) is 5. The molecular formula is C14H18N2O2S2. The smallest absolute Gasteiger partial charge is 0.263 e. The molecule has 4 nitrogen and oxygen atoms in total. The van der Waals surface area contributed by atoms with Gasteiger partial charge in [-0.3, -0.25) is 4.79 Å². The Labute approximate surface area is 126 Å². The zero-order valence-electron chi connectivity index (χ0n) is 11.7. The molecule has 2 N–H and O–H groups in total. The molecular weight excluding hydrogens is 292 g/mol. The van der Waals surface area contributed by atoms with Gasteiger partial charge in [-0.1, -0.05) is 19.9 Å². The minimum absolute atomic E-state index is 0.0749. The van der Waals surface area contributed by atoms with Gasteiger partial charge in [-0.2, -0.15) is 0 Å². The van der Waals surface area contributed by atoms with Crippen LogP contribution in [0.4, 0.5) is 0 Å². The first-order valence-corrected chi connectivity index (χ1v) is 8.10. The van der Waals surface area contributed by atoms with Crippen LogP contribution >= 0.6 is 22.7 Å². The van der Waals surface area contributed by atoms with Crippen molar-refractivity contribution < 1.29 is 9.90 Å². The summed E-state index contributed by atoms with van der Waals surface area (Å²) >= 11 is 2.96. The van der Waals surface area contributed by atoms with Crippen LogP contribution in [-0.4, -0.2) is 28.1 Å². The third kappa shape index (κ3) is 3.45. The third-order valence-corrected chi connectivity index (χ3v) is 5.35. The van der Waals surface area contributed by atoms with Gasteiger partial charge in [-0.05, 0) is 24.3 Å². The van der Waals surface area contributed by atoms with E-state index in [4.69, 9.17) is 0 Å². The van der Waals surface area contributed by atoms with Crippen LogP contribution in [-0.2, 0) is 0 Å². The number of rotatable bonds is 5. The van der Waals surface area contributed by atoms with Gasteiger partial charge in [0.15, 0.2) is 0 Å². The molecule has 1 atom stereocenters. The van der Waals surface area contributed by atoms with Crippen LogP contribution in [0.15, 0.2) is 23.7 Å². The average molecular weight is 310 g/mol. The number of carbonyl (C=O) groups is 1. The highest BCUT2D eigenvalue weighted by atomic mass is 32.1. The zero-order chi connectivity index (χ0) is 14.8. The molecule has 0 bridgehead atoms. The Morgan fingerprint density at radius 2 is 2.30 bits per heavy atom. The minimum atomic E-state index is -0.906. The second-order valence-electron chi connectivity index (χ2n) is 5.20. The van der Waals surface area contributed by atoms with Gasteiger partial charge in [0.2, 0.25) is 0 Å². The van der Waals surface area contributed by atoms with E-state index in [0.717, 1.165) is 9.88 Å². The van der Waals surface area contributed by atoms with Crippen LogP contribution in [0.5, 0.6) is 0 Å². The van der Waals surface area contributed by atoms with Crippen molar-refractivity contribution in [3.05, 3.63) is 28.6 Å². The van der Waals surface area contributed by atoms with E-state index in [-0.39, 0.29) is 18.4 Å². The lowest BCUT2D eigenvalue weighted by molar-refractivity contribution is 0.0143. The first-order chi connectivity index (χ1) is 9.40. The highest BCUT2D eigenvalue weighted by Crippen LogP contribution is 2.28. The maximum atomic E-state index is 12.0. The van der Waals surface area contributed by atoms with Gasteiger partial charge in [0.05, 0.1) is 16.7 Å². The maximum absolute atomic E-state index is 12.0. The monoisotopic (exact) mass is 310 g/mol. The van der Waals surface area contributed by atoms with Crippen LogP contribution in [0.25, 0.3) is 9.88 Å². The number of thiophene rings is 1. The van der Waals surface area contributed by atoms with Crippen LogP contribution in [0.1, 0.15) is 30.4 Å². The van der Waals surface area contributed by atoms with Crippen molar-refractivity contribution >= 4 is 28.6 Å². The Bertz CT molecular complexity index is 574. The quantitative estimate of drug-likeness (QED) is 0.892. The molecule has 0 saturated carbocycles. The molecule has 0 aliphatic carbocycles. The lowest BCUT2D eigenvalue weighted by Crippen LogP contribution is -2.44. The van der Waals surface area contributed by atoms with Crippen molar-refractivity contribution in [3.8, 4) is 9.88 Å². The van der Waals surface area contributed by atoms with Crippen LogP contribution in [0.3, 0.4) is 0 Å². The van der Waals surface area contributed by atoms with Crippen molar-refractivity contribution in [2.45, 2.75) is 26.4 Å². The van der Waals surface area contributed by atoms with Crippen molar-refractivity contribution in [1.29, 1.82) is 0 Å². The molecule has 2 heterocycles. The summed E-state index contributed by atoms with van der Waals surface area (Å²) in [5.74, 6) is -0.114. The summed E-state index contributed by atoms with van der Waals surface area (Å²) < 4.78 is 0. The Morgan fingerprint density at radius 1 is 1.55 bits per heavy atom. The first-order valence-electron chi connectivity index (χ1n) is 6.40. The Balaban J connectivity index is 2.00. The number of nitrogens with zero attached hydrogens (tertiary/aromatic N) is 1. The van der Waals surface area contributed by atoms with E-state index in [0.29, 0.717) is 4.88 Å². The summed E-state index contributed by atoms with van der Waals surface area (Å²) in [6.45, 7) is 5.80. The summed E-state index contributed by atoms with van der Waals surface area (Å²) in [4.78, 5) is 17.9. The number of nitrogens with one attached hydrogen (secondary N) is 1. The van der Waals surface area contributed by atoms with E-state index >= 15 is 0 Å². The predicted octanol–water partition coefficient (Wildman–Crippen LogP) is 3.01. The van der Waals surface area contributed by atoms with Gasteiger partial charge < -0.3 is 10.4 Å². The number of aromatic nitrogens is 1. The molecule has 1 unspecified atom stereocenters. The average Bonchev–Trinajstić information content (AvgIpc) is 3.05. The summed E-state index contributed by atoms with van der Waals surface area (Å²) in [6.07, 6.45) is 1.58. The highest BCUT2D eigenvalue weighted by Gasteiger charge is 2.25. The van der Waals surface area contributed by atoms with E-state index in [1.54, 1.807) is 24.5 Å². The molecule has 2 rings (SSSR count). The van der Waals surface area contributed by atoms with Gasteiger partial charge in [-0.15, -0.1) is 22.7 Å². The fourth-order valence-corrected chi connectivity index (χ4v) is 3.08. The summed E-state index contributed by atoms with van der Waals surface area (Å²) in [6, 6.07) is 3.94. The van der Waals surface area contributed by atoms with E-state index < -0.39 is 5.60 Å². The number of aliphatic hydroxyl groups is 1. The van der Waals surface area contributed by atoms with Crippen LogP contribution in [0.2, 0.25) is 0 Å². The van der Waals surface area contributed by atoms with E-state index in [1.807, 2.05) is 31.4 Å². The lowest BCUT2D eigenvalue weighted by Gasteiger charge is -2.27. The van der Waals surface area contributed by atoms with Crippen molar-refractivity contribution in [3.63, 3.8) is 0 Å². The van der Waals surface area contributed by atoms with E-state index in [9.17, 15) is 9.90 Å². The lowest BCUT2D eigenvalue weighted by atomic mass is 9.92. The van der Waals surface area contributed by atoms with E-state index in [1.165, 1.54) is 11.3 Å². The zero-order valence-corrected chi connectivity index (χ0v) is 13.3. The maximum Gasteiger partial charge on any atom is 0.263 e. The van der Waals surface area contributed by atoms with Gasteiger partial charge in [0.1, 0.15) is 9.88 Å². The molecule has 6 heteroatoms. The van der Waals surface area contributed by atoms with Crippen molar-refractivity contribution in [1.82, 2.24) is 10.3 Å². The number of amides is 1. The molecule has 1 amide bonds. The highest BCUT2D eigenvalue weighted by molar-refractivity contribution is 7.21. The number of thiazole rings is 1. The largest absolute Gasteiger partial charge is 0.388 e. The summed E-state index contributed by atoms with van der Waals surface area (Å²) in [7, 11) is 0. The molecule has 2 aromatic rings. The third-order valence-electron chi connectivity index (χ3n) is 3.31. The molecule has 2 aromatic heterocycles. The molecule has 0 fully saturated rings. The number of hydrogen-bond donors (Lipinski definition) is 2. The molecule has 0 aliphatic rings. The van der Waals surface area contributed by atoms with Crippen molar-refractivity contribution in [2.24, 2.45) is 5.92 Å². The Kier molecular flexibility index (Phi) is 4.57. The molecule has 0 aromatic carbocycles. The first kappa shape index (κ1) is 15.2. The van der Waals surface area contributed by atoms with Gasteiger partial charge in [0, 0.05) is 6.54 Å². The van der Waals surface area contributed by atoms with Gasteiger partial charge >= 0.3 is 0 Å². The molecule has 0 radical (unpaired) electrons. The Hall–Kier alpha value is -1.24. The van der Waals surface area contributed by atoms with E-state index in [2.05, 4.69) is 10.3 Å². The topological polar surface area (TPSA) is 62.2 Å². The normalized spacial score (nSPS) is 14.2. The molecule has 108 valence electrons. The summed E-state index contributed by atoms with van der Waals surface area (Å²) in [5.41, 5.74) is -0.906. The van der Waals surface area contributed by atoms with Gasteiger partial charge in [-0.25, -0.2) is 4.98 Å². The van der Waals surface area contributed by atoms with Crippen LogP contribution < -0.4 is 5.32 Å². The second kappa shape index (κ2) is 6.03. The molecule has 0 aliphatic heterocycles. The Morgan fingerprint density at radius 3 is 2.90 bits per heavy atom. The number of carbonyl (C=O) groups excluding carboxylic acids is 1. The molecule has 0 saturated heterocycles. The predicted molar refractivity (Wildman–Crippen MR) is 83.2 cm³/mol. The van der Waals surface area contributed by atoms with Crippen molar-refractivity contribution in [2.75, 3.05) is 6.54 Å².